The minimum atomic E-state index is 0.484. The van der Waals surface area contributed by atoms with Gasteiger partial charge in [0.05, 0.1) is 14.2 Å². The fourth-order valence-corrected chi connectivity index (χ4v) is 2.66. The van der Waals surface area contributed by atoms with Gasteiger partial charge in [0.25, 0.3) is 0 Å². The number of nitrogen functional groups attached to an aromatic ring is 2. The number of pyridine rings is 1. The van der Waals surface area contributed by atoms with Crippen LogP contribution in [0.1, 0.15) is 11.3 Å². The maximum Gasteiger partial charge on any atom is 0.131 e. The van der Waals surface area contributed by atoms with Crippen molar-refractivity contribution in [1.29, 1.82) is 0 Å². The molecule has 0 atom stereocenters. The van der Waals surface area contributed by atoms with E-state index in [4.69, 9.17) is 20.9 Å². The lowest BCUT2D eigenvalue weighted by Gasteiger charge is -2.12. The molecule has 0 unspecified atom stereocenters. The highest BCUT2D eigenvalue weighted by molar-refractivity contribution is 5.98. The molecule has 4 N–H and O–H groups in total. The maximum absolute atomic E-state index is 6.08. The number of fused-ring (bicyclic) bond motifs is 1. The van der Waals surface area contributed by atoms with Gasteiger partial charge in [-0.3, -0.25) is 0 Å². The Hall–Kier alpha value is -2.95. The zero-order valence-electron chi connectivity index (χ0n) is 13.2. The molecule has 0 spiro atoms. The van der Waals surface area contributed by atoms with E-state index in [1.54, 1.807) is 14.2 Å². The lowest BCUT2D eigenvalue weighted by molar-refractivity contribution is 0.391. The molecule has 5 nitrogen and oxygen atoms in total. The summed E-state index contributed by atoms with van der Waals surface area (Å²) in [6, 6.07) is 13.4. The minimum Gasteiger partial charge on any atom is -0.497 e. The van der Waals surface area contributed by atoms with Gasteiger partial charge < -0.3 is 20.9 Å². The van der Waals surface area contributed by atoms with Crippen LogP contribution in [-0.4, -0.2) is 19.2 Å². The zero-order chi connectivity index (χ0) is 16.4. The first-order chi connectivity index (χ1) is 11.1. The summed E-state index contributed by atoms with van der Waals surface area (Å²) < 4.78 is 10.7. The second-order valence-electron chi connectivity index (χ2n) is 5.30. The molecule has 3 aromatic rings. The molecular weight excluding hydrogens is 290 g/mol. The Bertz CT molecular complexity index is 862. The molecule has 0 saturated heterocycles. The van der Waals surface area contributed by atoms with Crippen LogP contribution in [-0.2, 0) is 6.42 Å². The van der Waals surface area contributed by atoms with Gasteiger partial charge in [-0.2, -0.15) is 0 Å². The van der Waals surface area contributed by atoms with E-state index in [1.165, 1.54) is 0 Å². The topological polar surface area (TPSA) is 83.4 Å². The first kappa shape index (κ1) is 15.0. The first-order valence-electron chi connectivity index (χ1n) is 7.27. The van der Waals surface area contributed by atoms with E-state index in [0.717, 1.165) is 33.5 Å². The quantitative estimate of drug-likeness (QED) is 0.724. The Labute approximate surface area is 134 Å². The molecule has 3 rings (SSSR count). The van der Waals surface area contributed by atoms with E-state index in [1.807, 2.05) is 42.5 Å². The molecule has 0 bridgehead atoms. The van der Waals surface area contributed by atoms with Gasteiger partial charge >= 0.3 is 0 Å². The van der Waals surface area contributed by atoms with Gasteiger partial charge in [0.2, 0.25) is 0 Å². The van der Waals surface area contributed by atoms with E-state index >= 15 is 0 Å². The third kappa shape index (κ3) is 2.85. The summed E-state index contributed by atoms with van der Waals surface area (Å²) in [5, 5.41) is 1.79. The number of aromatic nitrogens is 1. The molecular formula is C18H19N3O2. The molecule has 5 heteroatoms. The predicted molar refractivity (Wildman–Crippen MR) is 92.9 cm³/mol. The van der Waals surface area contributed by atoms with Crippen molar-refractivity contribution < 1.29 is 9.47 Å². The number of methoxy groups -OCH3 is 2. The van der Waals surface area contributed by atoms with Crippen LogP contribution in [0.4, 0.5) is 11.5 Å². The predicted octanol–water partition coefficient (Wildman–Crippen LogP) is 3.01. The maximum atomic E-state index is 6.08. The lowest BCUT2D eigenvalue weighted by atomic mass is 10.0. The van der Waals surface area contributed by atoms with E-state index in [9.17, 15) is 0 Å². The Balaban J connectivity index is 2.03. The SMILES string of the molecule is COc1ccc(Cc2cc3c(N)cccc3c(N)n2)c(OC)c1. The Kier molecular flexibility index (Phi) is 3.93. The van der Waals surface area contributed by atoms with Crippen LogP contribution in [0.2, 0.25) is 0 Å². The van der Waals surface area contributed by atoms with Crippen molar-refractivity contribution in [1.82, 2.24) is 4.98 Å². The zero-order valence-corrected chi connectivity index (χ0v) is 13.2. The van der Waals surface area contributed by atoms with Crippen molar-refractivity contribution in [3.05, 3.63) is 53.7 Å². The van der Waals surface area contributed by atoms with Crippen molar-refractivity contribution in [2.45, 2.75) is 6.42 Å². The first-order valence-corrected chi connectivity index (χ1v) is 7.27. The van der Waals surface area contributed by atoms with Crippen molar-refractivity contribution in [3.8, 4) is 11.5 Å². The van der Waals surface area contributed by atoms with Crippen LogP contribution in [0.5, 0.6) is 11.5 Å². The number of nitrogens with zero attached hydrogens (tertiary/aromatic N) is 1. The van der Waals surface area contributed by atoms with Crippen molar-refractivity contribution in [2.24, 2.45) is 0 Å². The number of hydrogen-bond acceptors (Lipinski definition) is 5. The summed E-state index contributed by atoms with van der Waals surface area (Å²) in [4.78, 5) is 4.49. The van der Waals surface area contributed by atoms with Gasteiger partial charge in [-0.25, -0.2) is 4.98 Å². The molecule has 0 aliphatic carbocycles. The molecule has 0 saturated carbocycles. The molecule has 0 aliphatic heterocycles. The average molecular weight is 309 g/mol. The standard InChI is InChI=1S/C18H19N3O2/c1-22-13-7-6-11(17(10-13)23-2)8-12-9-15-14(18(20)21-12)4-3-5-16(15)19/h3-7,9-10H,8,19H2,1-2H3,(H2,20,21). The lowest BCUT2D eigenvalue weighted by Crippen LogP contribution is -2.01. The minimum absolute atomic E-state index is 0.484. The second-order valence-corrected chi connectivity index (χ2v) is 5.30. The fourth-order valence-electron chi connectivity index (χ4n) is 2.66. The highest BCUT2D eigenvalue weighted by Crippen LogP contribution is 2.29. The average Bonchev–Trinajstić information content (AvgIpc) is 2.56. The van der Waals surface area contributed by atoms with Crippen LogP contribution in [0.3, 0.4) is 0 Å². The van der Waals surface area contributed by atoms with Gasteiger partial charge in [0.15, 0.2) is 0 Å². The smallest absolute Gasteiger partial charge is 0.131 e. The van der Waals surface area contributed by atoms with E-state index in [0.29, 0.717) is 17.9 Å². The number of nitrogens with two attached hydrogens (primary N) is 2. The molecule has 2 aromatic carbocycles. The Morgan fingerprint density at radius 3 is 2.52 bits per heavy atom. The largest absolute Gasteiger partial charge is 0.497 e. The van der Waals surface area contributed by atoms with Crippen LogP contribution in [0.25, 0.3) is 10.8 Å². The van der Waals surface area contributed by atoms with E-state index in [-0.39, 0.29) is 0 Å². The fraction of sp³-hybridized carbons (Fsp3) is 0.167. The van der Waals surface area contributed by atoms with Crippen LogP contribution >= 0.6 is 0 Å². The third-order valence-electron chi connectivity index (χ3n) is 3.86. The number of anilines is 2. The summed E-state index contributed by atoms with van der Waals surface area (Å²) in [7, 11) is 3.27. The normalized spacial score (nSPS) is 10.7. The van der Waals surface area contributed by atoms with Crippen LogP contribution in [0, 0.1) is 0 Å². The monoisotopic (exact) mass is 309 g/mol. The van der Waals surface area contributed by atoms with Crippen LogP contribution < -0.4 is 20.9 Å². The molecule has 0 radical (unpaired) electrons. The second kappa shape index (κ2) is 6.04. The summed E-state index contributed by atoms with van der Waals surface area (Å²) in [6.45, 7) is 0. The third-order valence-corrected chi connectivity index (χ3v) is 3.86. The Morgan fingerprint density at radius 2 is 1.78 bits per heavy atom. The number of ether oxygens (including phenoxy) is 2. The Morgan fingerprint density at radius 1 is 0.957 bits per heavy atom. The highest BCUT2D eigenvalue weighted by atomic mass is 16.5. The number of rotatable bonds is 4. The van der Waals surface area contributed by atoms with Crippen LogP contribution in [0.15, 0.2) is 42.5 Å². The van der Waals surface area contributed by atoms with Crippen molar-refractivity contribution in [2.75, 3.05) is 25.7 Å². The summed E-state index contributed by atoms with van der Waals surface area (Å²) in [5.74, 6) is 1.99. The summed E-state index contributed by atoms with van der Waals surface area (Å²) >= 11 is 0. The molecule has 1 heterocycles. The highest BCUT2D eigenvalue weighted by Gasteiger charge is 2.10. The number of benzene rings is 2. The summed E-state index contributed by atoms with van der Waals surface area (Å²) in [6.07, 6.45) is 0.599. The van der Waals surface area contributed by atoms with Gasteiger partial charge in [0, 0.05) is 40.2 Å². The molecule has 1 aromatic heterocycles. The molecule has 23 heavy (non-hydrogen) atoms. The molecule has 0 fully saturated rings. The summed E-state index contributed by atoms with van der Waals surface area (Å²) in [5.41, 5.74) is 14.7. The van der Waals surface area contributed by atoms with Gasteiger partial charge in [-0.1, -0.05) is 18.2 Å². The van der Waals surface area contributed by atoms with Gasteiger partial charge in [-0.05, 0) is 18.2 Å². The molecule has 0 aliphatic rings. The van der Waals surface area contributed by atoms with Crippen molar-refractivity contribution >= 4 is 22.3 Å². The van der Waals surface area contributed by atoms with E-state index < -0.39 is 0 Å². The van der Waals surface area contributed by atoms with Gasteiger partial charge in [0.1, 0.15) is 17.3 Å². The number of hydrogen-bond donors (Lipinski definition) is 2. The van der Waals surface area contributed by atoms with Crippen molar-refractivity contribution in [3.63, 3.8) is 0 Å². The van der Waals surface area contributed by atoms with Gasteiger partial charge in [-0.15, -0.1) is 0 Å². The van der Waals surface area contributed by atoms with E-state index in [2.05, 4.69) is 4.98 Å². The molecule has 118 valence electrons. The molecule has 0 amide bonds.